The van der Waals surface area contributed by atoms with Crippen LogP contribution >= 0.6 is 11.6 Å². The largest absolute Gasteiger partial charge is 0.388 e. The van der Waals surface area contributed by atoms with Gasteiger partial charge in [0.25, 0.3) is 5.91 Å². The quantitative estimate of drug-likeness (QED) is 0.887. The van der Waals surface area contributed by atoms with Crippen molar-refractivity contribution in [2.45, 2.75) is 31.3 Å². The Labute approximate surface area is 110 Å². The third kappa shape index (κ3) is 3.00. The van der Waals surface area contributed by atoms with Crippen molar-refractivity contribution in [2.75, 3.05) is 6.54 Å². The molecule has 2 N–H and O–H groups in total. The monoisotopic (exact) mass is 271 g/mol. The SMILES string of the molecule is O=C(NCC1(O)CCCC1)c1ccc(Cl)cc1F. The van der Waals surface area contributed by atoms with E-state index in [1.807, 2.05) is 0 Å². The molecule has 2 rings (SSSR count). The fourth-order valence-electron chi connectivity index (χ4n) is 2.22. The standard InChI is InChI=1S/C13H15ClFNO2/c14-9-3-4-10(11(15)7-9)12(17)16-8-13(18)5-1-2-6-13/h3-4,7,18H,1-2,5-6,8H2,(H,16,17). The van der Waals surface area contributed by atoms with Gasteiger partial charge in [-0.05, 0) is 31.0 Å². The Morgan fingerprint density at radius 2 is 2.11 bits per heavy atom. The van der Waals surface area contributed by atoms with Gasteiger partial charge in [0.15, 0.2) is 0 Å². The number of carbonyl (C=O) groups excluding carboxylic acids is 1. The molecule has 1 amide bonds. The second-order valence-electron chi connectivity index (χ2n) is 4.74. The van der Waals surface area contributed by atoms with Gasteiger partial charge in [0.05, 0.1) is 11.2 Å². The van der Waals surface area contributed by atoms with E-state index in [4.69, 9.17) is 11.6 Å². The molecule has 0 aliphatic heterocycles. The van der Waals surface area contributed by atoms with Gasteiger partial charge in [-0.25, -0.2) is 4.39 Å². The number of benzene rings is 1. The molecule has 0 atom stereocenters. The highest BCUT2D eigenvalue weighted by Crippen LogP contribution is 2.28. The molecule has 0 spiro atoms. The first-order valence-corrected chi connectivity index (χ1v) is 6.34. The predicted octanol–water partition coefficient (Wildman–Crippen LogP) is 2.51. The Morgan fingerprint density at radius 3 is 2.72 bits per heavy atom. The van der Waals surface area contributed by atoms with Crippen LogP contribution < -0.4 is 5.32 Å². The summed E-state index contributed by atoms with van der Waals surface area (Å²) in [5.74, 6) is -1.18. The molecule has 1 aliphatic rings. The van der Waals surface area contributed by atoms with Crippen LogP contribution in [0.25, 0.3) is 0 Å². The first-order valence-electron chi connectivity index (χ1n) is 5.96. The Morgan fingerprint density at radius 1 is 1.44 bits per heavy atom. The van der Waals surface area contributed by atoms with E-state index in [0.717, 1.165) is 18.9 Å². The molecule has 3 nitrogen and oxygen atoms in total. The predicted molar refractivity (Wildman–Crippen MR) is 67.2 cm³/mol. The van der Waals surface area contributed by atoms with Crippen molar-refractivity contribution in [3.8, 4) is 0 Å². The zero-order valence-corrected chi connectivity index (χ0v) is 10.6. The average molecular weight is 272 g/mol. The summed E-state index contributed by atoms with van der Waals surface area (Å²) in [7, 11) is 0. The topological polar surface area (TPSA) is 49.3 Å². The first kappa shape index (κ1) is 13.3. The Bertz CT molecular complexity index is 458. The van der Waals surface area contributed by atoms with Crippen molar-refractivity contribution >= 4 is 17.5 Å². The summed E-state index contributed by atoms with van der Waals surface area (Å²) in [6.45, 7) is 0.161. The Kier molecular flexibility index (Phi) is 3.88. The van der Waals surface area contributed by atoms with Gasteiger partial charge in [-0.15, -0.1) is 0 Å². The highest BCUT2D eigenvalue weighted by Gasteiger charge is 2.31. The second-order valence-corrected chi connectivity index (χ2v) is 5.17. The van der Waals surface area contributed by atoms with Crippen molar-refractivity contribution in [2.24, 2.45) is 0 Å². The lowest BCUT2D eigenvalue weighted by Crippen LogP contribution is -2.41. The van der Waals surface area contributed by atoms with E-state index < -0.39 is 17.3 Å². The molecule has 1 aromatic rings. The van der Waals surface area contributed by atoms with Crippen LogP contribution in [0.2, 0.25) is 5.02 Å². The van der Waals surface area contributed by atoms with E-state index in [1.54, 1.807) is 0 Å². The molecule has 5 heteroatoms. The van der Waals surface area contributed by atoms with E-state index in [-0.39, 0.29) is 17.1 Å². The fraction of sp³-hybridized carbons (Fsp3) is 0.462. The Balaban J connectivity index is 1.99. The van der Waals surface area contributed by atoms with E-state index in [2.05, 4.69) is 5.32 Å². The summed E-state index contributed by atoms with van der Waals surface area (Å²) in [6.07, 6.45) is 3.27. The number of rotatable bonds is 3. The minimum absolute atomic E-state index is 0.0546. The molecule has 0 bridgehead atoms. The molecule has 1 fully saturated rings. The van der Waals surface area contributed by atoms with Crippen LogP contribution in [-0.2, 0) is 0 Å². The van der Waals surface area contributed by atoms with E-state index >= 15 is 0 Å². The van der Waals surface area contributed by atoms with Crippen LogP contribution in [0.1, 0.15) is 36.0 Å². The van der Waals surface area contributed by atoms with Gasteiger partial charge < -0.3 is 10.4 Å². The third-order valence-electron chi connectivity index (χ3n) is 3.29. The number of hydrogen-bond acceptors (Lipinski definition) is 2. The van der Waals surface area contributed by atoms with Gasteiger partial charge in [-0.3, -0.25) is 4.79 Å². The zero-order valence-electron chi connectivity index (χ0n) is 9.88. The maximum Gasteiger partial charge on any atom is 0.254 e. The first-order chi connectivity index (χ1) is 8.50. The van der Waals surface area contributed by atoms with Crippen LogP contribution in [0.15, 0.2) is 18.2 Å². The summed E-state index contributed by atoms with van der Waals surface area (Å²) < 4.78 is 13.5. The van der Waals surface area contributed by atoms with Gasteiger partial charge in [0.2, 0.25) is 0 Å². The lowest BCUT2D eigenvalue weighted by atomic mass is 10.0. The van der Waals surface area contributed by atoms with Crippen molar-refractivity contribution in [1.29, 1.82) is 0 Å². The van der Waals surface area contributed by atoms with Crippen LogP contribution in [0.3, 0.4) is 0 Å². The summed E-state index contributed by atoms with van der Waals surface area (Å²) in [6, 6.07) is 3.90. The maximum absolute atomic E-state index is 13.5. The van der Waals surface area contributed by atoms with Crippen molar-refractivity contribution in [3.63, 3.8) is 0 Å². The van der Waals surface area contributed by atoms with E-state index in [9.17, 15) is 14.3 Å². The molecule has 0 saturated heterocycles. The van der Waals surface area contributed by atoms with Crippen LogP contribution in [0.4, 0.5) is 4.39 Å². The number of nitrogens with one attached hydrogen (secondary N) is 1. The fourth-order valence-corrected chi connectivity index (χ4v) is 2.38. The number of aliphatic hydroxyl groups is 1. The van der Waals surface area contributed by atoms with E-state index in [0.29, 0.717) is 12.8 Å². The van der Waals surface area contributed by atoms with Crippen LogP contribution in [-0.4, -0.2) is 23.2 Å². The summed E-state index contributed by atoms with van der Waals surface area (Å²) in [4.78, 5) is 11.8. The lowest BCUT2D eigenvalue weighted by Gasteiger charge is -2.22. The molecule has 18 heavy (non-hydrogen) atoms. The molecule has 98 valence electrons. The van der Waals surface area contributed by atoms with Crippen molar-refractivity contribution < 1.29 is 14.3 Å². The molecule has 0 aromatic heterocycles. The molecule has 0 unspecified atom stereocenters. The molecular formula is C13H15ClFNO2. The molecule has 1 aliphatic carbocycles. The third-order valence-corrected chi connectivity index (χ3v) is 3.52. The zero-order chi connectivity index (χ0) is 13.2. The van der Waals surface area contributed by atoms with Gasteiger partial charge in [0, 0.05) is 11.6 Å². The molecule has 1 saturated carbocycles. The highest BCUT2D eigenvalue weighted by atomic mass is 35.5. The number of carbonyl (C=O) groups is 1. The average Bonchev–Trinajstić information content (AvgIpc) is 2.74. The summed E-state index contributed by atoms with van der Waals surface area (Å²) >= 11 is 5.61. The molecule has 0 heterocycles. The van der Waals surface area contributed by atoms with Gasteiger partial charge >= 0.3 is 0 Å². The number of hydrogen-bond donors (Lipinski definition) is 2. The number of amides is 1. The van der Waals surface area contributed by atoms with Gasteiger partial charge in [0.1, 0.15) is 5.82 Å². The highest BCUT2D eigenvalue weighted by molar-refractivity contribution is 6.30. The summed E-state index contributed by atoms with van der Waals surface area (Å²) in [5, 5.41) is 12.9. The molecule has 1 aromatic carbocycles. The van der Waals surface area contributed by atoms with E-state index in [1.165, 1.54) is 12.1 Å². The number of halogens is 2. The van der Waals surface area contributed by atoms with Crippen molar-refractivity contribution in [3.05, 3.63) is 34.6 Å². The minimum atomic E-state index is -0.835. The second kappa shape index (κ2) is 5.24. The smallest absolute Gasteiger partial charge is 0.254 e. The molecule has 0 radical (unpaired) electrons. The Hall–Kier alpha value is -1.13. The lowest BCUT2D eigenvalue weighted by molar-refractivity contribution is 0.0448. The van der Waals surface area contributed by atoms with Gasteiger partial charge in [-0.1, -0.05) is 24.4 Å². The normalized spacial score (nSPS) is 17.7. The summed E-state index contributed by atoms with van der Waals surface area (Å²) in [5.41, 5.74) is -0.889. The molecular weight excluding hydrogens is 257 g/mol. The maximum atomic E-state index is 13.5. The minimum Gasteiger partial charge on any atom is -0.388 e. The van der Waals surface area contributed by atoms with Crippen LogP contribution in [0.5, 0.6) is 0 Å². The van der Waals surface area contributed by atoms with Crippen molar-refractivity contribution in [1.82, 2.24) is 5.32 Å². The van der Waals surface area contributed by atoms with Crippen LogP contribution in [0, 0.1) is 5.82 Å². The van der Waals surface area contributed by atoms with Gasteiger partial charge in [-0.2, -0.15) is 0 Å².